The summed E-state index contributed by atoms with van der Waals surface area (Å²) < 4.78 is 23.3. The number of halogens is 1. The summed E-state index contributed by atoms with van der Waals surface area (Å²) in [6, 6.07) is 9.14. The first-order valence-corrected chi connectivity index (χ1v) is 11.7. The minimum atomic E-state index is -1.26. The van der Waals surface area contributed by atoms with Gasteiger partial charge in [0.1, 0.15) is 22.5 Å². The summed E-state index contributed by atoms with van der Waals surface area (Å²) in [6.07, 6.45) is 0. The lowest BCUT2D eigenvalue weighted by Crippen LogP contribution is -2.49. The summed E-state index contributed by atoms with van der Waals surface area (Å²) in [5.74, 6) is -2.31. The zero-order valence-electron chi connectivity index (χ0n) is 20.6. The molecule has 1 aromatic heterocycles. The van der Waals surface area contributed by atoms with E-state index in [1.54, 1.807) is 39.0 Å². The quantitative estimate of drug-likeness (QED) is 0.441. The van der Waals surface area contributed by atoms with Crippen molar-refractivity contribution in [3.63, 3.8) is 0 Å². The third-order valence-corrected chi connectivity index (χ3v) is 6.01. The minimum absolute atomic E-state index is 0.0805. The second kappa shape index (κ2) is 10.3. The van der Waals surface area contributed by atoms with Gasteiger partial charge < -0.3 is 21.5 Å². The Bertz CT molecular complexity index is 1300. The number of carbonyl (C=O) groups is 3. The third-order valence-electron chi connectivity index (χ3n) is 5.16. The predicted molar refractivity (Wildman–Crippen MR) is 137 cm³/mol. The van der Waals surface area contributed by atoms with Crippen LogP contribution in [0.3, 0.4) is 0 Å². The number of primary amides is 1. The van der Waals surface area contributed by atoms with Crippen LogP contribution in [0.25, 0.3) is 0 Å². The molecule has 0 bridgehead atoms. The van der Waals surface area contributed by atoms with E-state index < -0.39 is 35.1 Å². The average Bonchev–Trinajstić information content (AvgIpc) is 3.18. The number of nitrogen functional groups attached to an aromatic ring is 1. The molecule has 0 radical (unpaired) electrons. The Morgan fingerprint density at radius 1 is 1.14 bits per heavy atom. The van der Waals surface area contributed by atoms with Gasteiger partial charge in [-0.15, -0.1) is 0 Å². The molecule has 5 N–H and O–H groups in total. The van der Waals surface area contributed by atoms with Crippen molar-refractivity contribution in [1.82, 2.24) is 9.69 Å². The van der Waals surface area contributed by atoms with Crippen molar-refractivity contribution in [2.24, 2.45) is 5.73 Å². The van der Waals surface area contributed by atoms with Gasteiger partial charge in [-0.25, -0.2) is 4.39 Å². The van der Waals surface area contributed by atoms with Crippen molar-refractivity contribution in [2.75, 3.05) is 17.7 Å². The maximum absolute atomic E-state index is 14.1. The topological polar surface area (TPSA) is 141 Å². The maximum atomic E-state index is 14.1. The standard InChI is InChI=1S/C25H28FN5O4S/c1-13-6-11-17(35-5)16(12-13)31(24(34)21-18(27)19(22(28)32)30-36-21)20(23(33)29-25(2,3)4)14-7-9-15(26)10-8-14/h6-12,20H,27H2,1-5H3,(H2,28,32)(H,29,33)/t20-/m1/s1. The van der Waals surface area contributed by atoms with Crippen LogP contribution >= 0.6 is 11.5 Å². The highest BCUT2D eigenvalue weighted by molar-refractivity contribution is 7.09. The second-order valence-electron chi connectivity index (χ2n) is 9.18. The van der Waals surface area contributed by atoms with Gasteiger partial charge in [-0.1, -0.05) is 18.2 Å². The highest BCUT2D eigenvalue weighted by atomic mass is 32.1. The lowest BCUT2D eigenvalue weighted by Gasteiger charge is -2.34. The fourth-order valence-electron chi connectivity index (χ4n) is 3.59. The number of ether oxygens (including phenoxy) is 1. The first-order valence-electron chi connectivity index (χ1n) is 10.9. The number of carbonyl (C=O) groups excluding carboxylic acids is 3. The zero-order chi connectivity index (χ0) is 26.8. The van der Waals surface area contributed by atoms with E-state index in [4.69, 9.17) is 16.2 Å². The molecule has 2 aromatic carbocycles. The van der Waals surface area contributed by atoms with E-state index in [1.807, 2.05) is 6.92 Å². The first kappa shape index (κ1) is 26.6. The highest BCUT2D eigenvalue weighted by Crippen LogP contribution is 2.38. The molecule has 3 aromatic rings. The number of benzene rings is 2. The molecule has 11 heteroatoms. The van der Waals surface area contributed by atoms with Crippen molar-refractivity contribution < 1.29 is 23.5 Å². The molecular weight excluding hydrogens is 485 g/mol. The van der Waals surface area contributed by atoms with Crippen molar-refractivity contribution in [1.29, 1.82) is 0 Å². The summed E-state index contributed by atoms with van der Waals surface area (Å²) >= 11 is 0.694. The second-order valence-corrected chi connectivity index (χ2v) is 9.96. The smallest absolute Gasteiger partial charge is 0.273 e. The number of aromatic nitrogens is 1. The van der Waals surface area contributed by atoms with Crippen LogP contribution in [0.2, 0.25) is 0 Å². The van der Waals surface area contributed by atoms with Gasteiger partial charge in [0.2, 0.25) is 5.91 Å². The van der Waals surface area contributed by atoms with Gasteiger partial charge in [-0.3, -0.25) is 19.3 Å². The third kappa shape index (κ3) is 5.62. The van der Waals surface area contributed by atoms with E-state index in [-0.39, 0.29) is 21.9 Å². The maximum Gasteiger partial charge on any atom is 0.273 e. The number of hydrogen-bond donors (Lipinski definition) is 3. The number of anilines is 2. The Balaban J connectivity index is 2.32. The molecule has 0 aliphatic heterocycles. The molecule has 3 amide bonds. The molecule has 0 aliphatic rings. The summed E-state index contributed by atoms with van der Waals surface area (Å²) in [4.78, 5) is 40.7. The van der Waals surface area contributed by atoms with Crippen LogP contribution in [0.4, 0.5) is 15.8 Å². The van der Waals surface area contributed by atoms with Gasteiger partial charge in [0.25, 0.3) is 11.8 Å². The number of nitrogens with one attached hydrogen (secondary N) is 1. The van der Waals surface area contributed by atoms with Gasteiger partial charge in [-0.05, 0) is 74.6 Å². The number of hydrogen-bond acceptors (Lipinski definition) is 7. The van der Waals surface area contributed by atoms with Crippen LogP contribution < -0.4 is 26.4 Å². The van der Waals surface area contributed by atoms with Crippen LogP contribution in [0.1, 0.15) is 58.1 Å². The average molecular weight is 514 g/mol. The van der Waals surface area contributed by atoms with E-state index in [2.05, 4.69) is 9.69 Å². The normalized spacial score (nSPS) is 12.1. The largest absolute Gasteiger partial charge is 0.495 e. The molecule has 190 valence electrons. The van der Waals surface area contributed by atoms with Gasteiger partial charge in [-0.2, -0.15) is 4.37 Å². The molecular formula is C25H28FN5O4S. The summed E-state index contributed by atoms with van der Waals surface area (Å²) in [5, 5.41) is 2.89. The van der Waals surface area contributed by atoms with Crippen molar-refractivity contribution in [2.45, 2.75) is 39.3 Å². The number of methoxy groups -OCH3 is 1. The Kier molecular flexibility index (Phi) is 7.63. The molecule has 0 aliphatic carbocycles. The van der Waals surface area contributed by atoms with Gasteiger partial charge in [0.15, 0.2) is 5.69 Å². The van der Waals surface area contributed by atoms with Crippen LogP contribution in [0.15, 0.2) is 42.5 Å². The number of nitrogens with two attached hydrogens (primary N) is 2. The van der Waals surface area contributed by atoms with Crippen LogP contribution in [0, 0.1) is 12.7 Å². The molecule has 3 rings (SSSR count). The molecule has 0 spiro atoms. The molecule has 0 unspecified atom stereocenters. The fourth-order valence-corrected chi connectivity index (χ4v) is 4.34. The predicted octanol–water partition coefficient (Wildman–Crippen LogP) is 3.58. The van der Waals surface area contributed by atoms with E-state index in [1.165, 1.54) is 36.3 Å². The number of rotatable bonds is 7. The fraction of sp³-hybridized carbons (Fsp3) is 0.280. The van der Waals surface area contributed by atoms with E-state index in [9.17, 15) is 18.8 Å². The van der Waals surface area contributed by atoms with E-state index in [0.717, 1.165) is 5.56 Å². The molecule has 0 fully saturated rings. The zero-order valence-corrected chi connectivity index (χ0v) is 21.4. The minimum Gasteiger partial charge on any atom is -0.495 e. The van der Waals surface area contributed by atoms with Crippen molar-refractivity contribution >= 4 is 40.6 Å². The summed E-state index contributed by atoms with van der Waals surface area (Å²) in [5.41, 5.74) is 11.7. The molecule has 36 heavy (non-hydrogen) atoms. The van der Waals surface area contributed by atoms with E-state index in [0.29, 0.717) is 22.8 Å². The van der Waals surface area contributed by atoms with Crippen molar-refractivity contribution in [3.05, 3.63) is 70.0 Å². The first-order chi connectivity index (χ1) is 16.8. The van der Waals surface area contributed by atoms with Gasteiger partial charge in [0.05, 0.1) is 18.5 Å². The highest BCUT2D eigenvalue weighted by Gasteiger charge is 2.38. The van der Waals surface area contributed by atoms with E-state index >= 15 is 0 Å². The molecule has 1 heterocycles. The Labute approximate surface area is 212 Å². The molecule has 0 saturated carbocycles. The van der Waals surface area contributed by atoms with Crippen LogP contribution in [0.5, 0.6) is 5.75 Å². The number of aryl methyl sites for hydroxylation is 1. The lowest BCUT2D eigenvalue weighted by molar-refractivity contribution is -0.123. The molecule has 0 saturated heterocycles. The summed E-state index contributed by atoms with van der Waals surface area (Å²) in [7, 11) is 1.44. The Hall–Kier alpha value is -3.99. The van der Waals surface area contributed by atoms with Crippen molar-refractivity contribution in [3.8, 4) is 5.75 Å². The number of amides is 3. The van der Waals surface area contributed by atoms with Gasteiger partial charge in [0, 0.05) is 5.54 Å². The SMILES string of the molecule is COc1ccc(C)cc1N(C(=O)c1snc(C(N)=O)c1N)[C@@H](C(=O)NC(C)(C)C)c1ccc(F)cc1. The van der Waals surface area contributed by atoms with Gasteiger partial charge >= 0.3 is 0 Å². The van der Waals surface area contributed by atoms with Crippen LogP contribution in [-0.2, 0) is 4.79 Å². The Morgan fingerprint density at radius 2 is 1.78 bits per heavy atom. The Morgan fingerprint density at radius 3 is 2.31 bits per heavy atom. The molecule has 9 nitrogen and oxygen atoms in total. The van der Waals surface area contributed by atoms with Crippen LogP contribution in [-0.4, -0.2) is 34.7 Å². The number of nitrogens with zero attached hydrogens (tertiary/aromatic N) is 2. The summed E-state index contributed by atoms with van der Waals surface area (Å²) in [6.45, 7) is 7.21. The monoisotopic (exact) mass is 513 g/mol. The molecule has 1 atom stereocenters. The lowest BCUT2D eigenvalue weighted by atomic mass is 10.00.